The number of guanidine groups is 1. The molecule has 1 aromatic carbocycles. The van der Waals surface area contributed by atoms with Crippen molar-refractivity contribution in [3.8, 4) is 5.75 Å². The van der Waals surface area contributed by atoms with Crippen LogP contribution in [0, 0.1) is 0 Å². The van der Waals surface area contributed by atoms with Crippen molar-refractivity contribution in [3.05, 3.63) is 24.3 Å². The van der Waals surface area contributed by atoms with Gasteiger partial charge in [0.2, 0.25) is 5.96 Å². The smallest absolute Gasteiger partial charge is 0.227 e. The third-order valence-electron chi connectivity index (χ3n) is 4.19. The van der Waals surface area contributed by atoms with Crippen LogP contribution in [0.5, 0.6) is 5.75 Å². The molecular formula is C17H24N4OS. The number of aromatic hydroxyl groups is 1. The molecule has 1 aromatic rings. The van der Waals surface area contributed by atoms with Crippen molar-refractivity contribution in [1.82, 2.24) is 9.80 Å². The van der Waals surface area contributed by atoms with Gasteiger partial charge in [-0.15, -0.1) is 0 Å². The lowest BCUT2D eigenvalue weighted by Gasteiger charge is -2.30. The molecular weight excluding hydrogens is 308 g/mol. The van der Waals surface area contributed by atoms with E-state index in [9.17, 15) is 5.11 Å². The van der Waals surface area contributed by atoms with Gasteiger partial charge in [-0.25, -0.2) is 4.99 Å². The highest BCUT2D eigenvalue weighted by Crippen LogP contribution is 2.20. The molecule has 0 amide bonds. The van der Waals surface area contributed by atoms with Crippen LogP contribution in [0.3, 0.4) is 0 Å². The van der Waals surface area contributed by atoms with Gasteiger partial charge in [-0.05, 0) is 43.5 Å². The number of aliphatic imine (C=N–C) groups is 2. The summed E-state index contributed by atoms with van der Waals surface area (Å²) in [4.78, 5) is 14.2. The zero-order chi connectivity index (χ0) is 16.1. The van der Waals surface area contributed by atoms with Crippen LogP contribution in [0.1, 0.15) is 19.3 Å². The maximum absolute atomic E-state index is 9.44. The van der Waals surface area contributed by atoms with Gasteiger partial charge in [-0.3, -0.25) is 0 Å². The van der Waals surface area contributed by atoms with E-state index >= 15 is 0 Å². The number of benzene rings is 1. The molecule has 23 heavy (non-hydrogen) atoms. The summed E-state index contributed by atoms with van der Waals surface area (Å²) < 4.78 is 0. The number of piperidine rings is 1. The van der Waals surface area contributed by atoms with Crippen molar-refractivity contribution in [2.75, 3.05) is 38.2 Å². The van der Waals surface area contributed by atoms with Crippen molar-refractivity contribution in [3.63, 3.8) is 0 Å². The van der Waals surface area contributed by atoms with Gasteiger partial charge in [0.25, 0.3) is 0 Å². The van der Waals surface area contributed by atoms with Crippen molar-refractivity contribution < 1.29 is 5.11 Å². The molecule has 2 aliphatic rings. The lowest BCUT2D eigenvalue weighted by molar-refractivity contribution is 0.339. The molecule has 3 rings (SSSR count). The van der Waals surface area contributed by atoms with Crippen molar-refractivity contribution >= 4 is 29.2 Å². The number of hydrogen-bond acceptors (Lipinski definition) is 3. The van der Waals surface area contributed by atoms with Crippen LogP contribution in [-0.4, -0.2) is 64.9 Å². The van der Waals surface area contributed by atoms with Crippen LogP contribution in [0.2, 0.25) is 0 Å². The summed E-state index contributed by atoms with van der Waals surface area (Å²) in [7, 11) is 2.10. The van der Waals surface area contributed by atoms with Crippen LogP contribution in [0.15, 0.2) is 34.3 Å². The third-order valence-corrected chi connectivity index (χ3v) is 5.12. The largest absolute Gasteiger partial charge is 0.508 e. The van der Waals surface area contributed by atoms with Crippen molar-refractivity contribution in [1.29, 1.82) is 0 Å². The SMILES string of the molecule is CN1CCSCC1=NC(=Nc1ccc(O)cc1)N1CCCCC1. The first kappa shape index (κ1) is 16.2. The fourth-order valence-corrected chi connectivity index (χ4v) is 3.76. The molecule has 0 aliphatic carbocycles. The predicted molar refractivity (Wildman–Crippen MR) is 98.0 cm³/mol. The van der Waals surface area contributed by atoms with Gasteiger partial charge in [0.05, 0.1) is 11.4 Å². The molecule has 1 N–H and O–H groups in total. The lowest BCUT2D eigenvalue weighted by Crippen LogP contribution is -2.39. The Morgan fingerprint density at radius 3 is 2.52 bits per heavy atom. The van der Waals surface area contributed by atoms with E-state index in [-0.39, 0.29) is 5.75 Å². The van der Waals surface area contributed by atoms with E-state index in [2.05, 4.69) is 16.8 Å². The molecule has 0 bridgehead atoms. The fourth-order valence-electron chi connectivity index (χ4n) is 2.74. The molecule has 0 aromatic heterocycles. The minimum absolute atomic E-state index is 0.262. The van der Waals surface area contributed by atoms with Crippen LogP contribution >= 0.6 is 11.8 Å². The number of phenolic OH excluding ortho intramolecular Hbond substituents is 1. The van der Waals surface area contributed by atoms with Gasteiger partial charge in [-0.1, -0.05) is 0 Å². The summed E-state index contributed by atoms with van der Waals surface area (Å²) in [5.41, 5.74) is 0.832. The standard InChI is InChI=1S/C17H24N4OS/c1-20-11-12-23-13-16(20)19-17(21-9-3-2-4-10-21)18-14-5-7-15(22)8-6-14/h5-8,22H,2-4,9-13H2,1H3. The summed E-state index contributed by atoms with van der Waals surface area (Å²) in [6.07, 6.45) is 3.68. The quantitative estimate of drug-likeness (QED) is 0.634. The van der Waals surface area contributed by atoms with Gasteiger partial charge >= 0.3 is 0 Å². The summed E-state index contributed by atoms with van der Waals surface area (Å²) in [5.74, 6) is 4.27. The molecule has 0 unspecified atom stereocenters. The van der Waals surface area contributed by atoms with E-state index in [0.29, 0.717) is 0 Å². The van der Waals surface area contributed by atoms with Gasteiger partial charge in [0, 0.05) is 32.4 Å². The minimum atomic E-state index is 0.262. The summed E-state index contributed by atoms with van der Waals surface area (Å²) >= 11 is 1.92. The molecule has 2 heterocycles. The van der Waals surface area contributed by atoms with E-state index < -0.39 is 0 Å². The minimum Gasteiger partial charge on any atom is -0.508 e. The predicted octanol–water partition coefficient (Wildman–Crippen LogP) is 2.94. The van der Waals surface area contributed by atoms with Gasteiger partial charge in [0.15, 0.2) is 0 Å². The molecule has 5 nitrogen and oxygen atoms in total. The van der Waals surface area contributed by atoms with E-state index in [4.69, 9.17) is 9.98 Å². The summed E-state index contributed by atoms with van der Waals surface area (Å²) in [5, 5.41) is 9.44. The highest BCUT2D eigenvalue weighted by Gasteiger charge is 2.18. The molecule has 0 atom stereocenters. The van der Waals surface area contributed by atoms with Crippen LogP contribution < -0.4 is 0 Å². The Bertz CT molecular complexity index is 579. The third kappa shape index (κ3) is 4.41. The zero-order valence-electron chi connectivity index (χ0n) is 13.6. The van der Waals surface area contributed by atoms with E-state index in [1.807, 2.05) is 23.9 Å². The van der Waals surface area contributed by atoms with Crippen molar-refractivity contribution in [2.24, 2.45) is 9.98 Å². The summed E-state index contributed by atoms with van der Waals surface area (Å²) in [6, 6.07) is 7.00. The number of hydrogen-bond donors (Lipinski definition) is 1. The van der Waals surface area contributed by atoms with Gasteiger partial charge in [-0.2, -0.15) is 16.8 Å². The maximum Gasteiger partial charge on any atom is 0.227 e. The first-order valence-electron chi connectivity index (χ1n) is 8.21. The monoisotopic (exact) mass is 332 g/mol. The lowest BCUT2D eigenvalue weighted by atomic mass is 10.1. The Morgan fingerprint density at radius 2 is 1.83 bits per heavy atom. The second-order valence-electron chi connectivity index (χ2n) is 5.98. The molecule has 2 fully saturated rings. The van der Waals surface area contributed by atoms with Crippen LogP contribution in [-0.2, 0) is 0 Å². The number of rotatable bonds is 1. The number of amidine groups is 1. The Morgan fingerprint density at radius 1 is 1.09 bits per heavy atom. The van der Waals surface area contributed by atoms with E-state index in [0.717, 1.165) is 48.6 Å². The van der Waals surface area contributed by atoms with Crippen molar-refractivity contribution in [2.45, 2.75) is 19.3 Å². The number of thioether (sulfide) groups is 1. The number of phenols is 1. The topological polar surface area (TPSA) is 51.4 Å². The highest BCUT2D eigenvalue weighted by atomic mass is 32.2. The molecule has 2 aliphatic heterocycles. The second-order valence-corrected chi connectivity index (χ2v) is 7.08. The maximum atomic E-state index is 9.44. The Kier molecular flexibility index (Phi) is 5.43. The zero-order valence-corrected chi connectivity index (χ0v) is 14.4. The highest BCUT2D eigenvalue weighted by molar-refractivity contribution is 8.00. The average Bonchev–Trinajstić information content (AvgIpc) is 2.59. The van der Waals surface area contributed by atoms with Gasteiger partial charge < -0.3 is 14.9 Å². The molecule has 0 saturated carbocycles. The van der Waals surface area contributed by atoms with Gasteiger partial charge in [0.1, 0.15) is 11.6 Å². The Hall–Kier alpha value is -1.69. The fraction of sp³-hybridized carbons (Fsp3) is 0.529. The number of nitrogens with zero attached hydrogens (tertiary/aromatic N) is 4. The molecule has 0 spiro atoms. The first-order valence-corrected chi connectivity index (χ1v) is 9.37. The molecule has 0 radical (unpaired) electrons. The number of likely N-dealkylation sites (tertiary alicyclic amines) is 1. The molecule has 6 heteroatoms. The van der Waals surface area contributed by atoms with E-state index in [1.54, 1.807) is 12.1 Å². The normalized spacial score (nSPS) is 21.8. The summed E-state index contributed by atoms with van der Waals surface area (Å²) in [6.45, 7) is 3.07. The Labute approximate surface area is 142 Å². The van der Waals surface area contributed by atoms with Crippen LogP contribution in [0.4, 0.5) is 5.69 Å². The van der Waals surface area contributed by atoms with Crippen LogP contribution in [0.25, 0.3) is 0 Å². The first-order chi connectivity index (χ1) is 11.2. The molecule has 124 valence electrons. The second kappa shape index (κ2) is 7.73. The average molecular weight is 332 g/mol. The Balaban J connectivity index is 1.89. The van der Waals surface area contributed by atoms with E-state index in [1.165, 1.54) is 19.3 Å². The molecule has 2 saturated heterocycles.